The molecule has 0 saturated carbocycles. The topological polar surface area (TPSA) is 86.8 Å². The third-order valence-electron chi connectivity index (χ3n) is 6.55. The number of sulfonamides is 1. The zero-order valence-electron chi connectivity index (χ0n) is 22.8. The molecule has 0 radical (unpaired) electrons. The maximum Gasteiger partial charge on any atom is 0.244 e. The van der Waals surface area contributed by atoms with Gasteiger partial charge in [-0.25, -0.2) is 8.42 Å². The Kier molecular flexibility index (Phi) is 10.5. The first-order valence-electron chi connectivity index (χ1n) is 12.9. The van der Waals surface area contributed by atoms with Crippen LogP contribution in [0.1, 0.15) is 37.0 Å². The number of para-hydroxylation sites is 1. The van der Waals surface area contributed by atoms with E-state index in [1.54, 1.807) is 24.3 Å². The largest absolute Gasteiger partial charge is 0.352 e. The molecule has 3 aromatic carbocycles. The fourth-order valence-corrected chi connectivity index (χ4v) is 5.28. The highest BCUT2D eigenvalue weighted by Gasteiger charge is 2.33. The molecule has 1 N–H and O–H groups in total. The van der Waals surface area contributed by atoms with Crippen molar-refractivity contribution in [3.63, 3.8) is 0 Å². The maximum absolute atomic E-state index is 14.0. The van der Waals surface area contributed by atoms with Crippen molar-refractivity contribution in [3.8, 4) is 0 Å². The summed E-state index contributed by atoms with van der Waals surface area (Å²) in [6.07, 6.45) is 2.03. The summed E-state index contributed by atoms with van der Waals surface area (Å²) in [5.74, 6) is -0.807. The Bertz CT molecular complexity index is 1360. The van der Waals surface area contributed by atoms with Gasteiger partial charge in [-0.3, -0.25) is 13.9 Å². The van der Waals surface area contributed by atoms with E-state index in [1.165, 1.54) is 4.90 Å². The van der Waals surface area contributed by atoms with E-state index in [4.69, 9.17) is 11.6 Å². The second-order valence-electron chi connectivity index (χ2n) is 9.75. The molecule has 0 aromatic heterocycles. The zero-order valence-corrected chi connectivity index (χ0v) is 24.4. The average Bonchev–Trinajstić information content (AvgIpc) is 2.90. The molecule has 39 heavy (non-hydrogen) atoms. The van der Waals surface area contributed by atoms with Crippen molar-refractivity contribution in [2.75, 3.05) is 17.1 Å². The fraction of sp³-hybridized carbons (Fsp3) is 0.333. The summed E-state index contributed by atoms with van der Waals surface area (Å²) in [5, 5.41) is 3.22. The molecule has 0 aliphatic rings. The van der Waals surface area contributed by atoms with E-state index in [0.29, 0.717) is 0 Å². The Labute approximate surface area is 236 Å². The van der Waals surface area contributed by atoms with E-state index >= 15 is 0 Å². The fourth-order valence-electron chi connectivity index (χ4n) is 4.13. The van der Waals surface area contributed by atoms with Gasteiger partial charge in [0, 0.05) is 19.0 Å². The van der Waals surface area contributed by atoms with Crippen molar-refractivity contribution >= 4 is 39.1 Å². The van der Waals surface area contributed by atoms with Crippen LogP contribution in [0.15, 0.2) is 78.9 Å². The number of nitrogens with one attached hydrogen (secondary N) is 1. The van der Waals surface area contributed by atoms with Gasteiger partial charge < -0.3 is 10.2 Å². The van der Waals surface area contributed by atoms with Crippen molar-refractivity contribution in [3.05, 3.63) is 101 Å². The number of hydrogen-bond acceptors (Lipinski definition) is 4. The van der Waals surface area contributed by atoms with E-state index in [0.717, 1.165) is 33.7 Å². The zero-order chi connectivity index (χ0) is 28.6. The molecule has 2 amide bonds. The molecule has 2 unspecified atom stereocenters. The van der Waals surface area contributed by atoms with Gasteiger partial charge in [-0.15, -0.1) is 0 Å². The molecule has 0 aliphatic carbocycles. The van der Waals surface area contributed by atoms with E-state index in [2.05, 4.69) is 5.32 Å². The highest BCUT2D eigenvalue weighted by molar-refractivity contribution is 7.92. The first kappa shape index (κ1) is 30.2. The van der Waals surface area contributed by atoms with Crippen LogP contribution in [0, 0.1) is 6.92 Å². The number of carbonyl (C=O) groups excluding carboxylic acids is 2. The molecule has 9 heteroatoms. The van der Waals surface area contributed by atoms with Crippen molar-refractivity contribution in [1.29, 1.82) is 0 Å². The monoisotopic (exact) mass is 569 g/mol. The van der Waals surface area contributed by atoms with Crippen molar-refractivity contribution in [2.45, 2.75) is 52.2 Å². The third kappa shape index (κ3) is 8.57. The van der Waals surface area contributed by atoms with Crippen LogP contribution >= 0.6 is 11.6 Å². The molecule has 0 saturated heterocycles. The predicted molar refractivity (Wildman–Crippen MR) is 157 cm³/mol. The smallest absolute Gasteiger partial charge is 0.244 e. The molecule has 0 heterocycles. The Balaban J connectivity index is 2.06. The van der Waals surface area contributed by atoms with Gasteiger partial charge in [0.15, 0.2) is 0 Å². The molecule has 2 atom stereocenters. The third-order valence-corrected chi connectivity index (χ3v) is 7.99. The molecular formula is C30H36ClN3O4S. The number of benzene rings is 3. The lowest BCUT2D eigenvalue weighted by molar-refractivity contribution is -0.140. The lowest BCUT2D eigenvalue weighted by Crippen LogP contribution is -2.54. The number of aryl methyl sites for hydroxylation is 1. The number of anilines is 1. The van der Waals surface area contributed by atoms with Crippen molar-refractivity contribution < 1.29 is 18.0 Å². The molecule has 3 aromatic rings. The lowest BCUT2D eigenvalue weighted by Gasteiger charge is -2.34. The second-order valence-corrected chi connectivity index (χ2v) is 12.1. The lowest BCUT2D eigenvalue weighted by atomic mass is 10.0. The van der Waals surface area contributed by atoms with Gasteiger partial charge in [-0.1, -0.05) is 90.8 Å². The van der Waals surface area contributed by atoms with E-state index in [-0.39, 0.29) is 35.6 Å². The van der Waals surface area contributed by atoms with Gasteiger partial charge in [0.05, 0.1) is 17.0 Å². The van der Waals surface area contributed by atoms with Crippen LogP contribution in [0.25, 0.3) is 0 Å². The SMILES string of the molecule is CCC(C)NC(=O)C(Cc1ccccc1)N(Cc1ccc(C)cc1)C(=O)CN(c1ccccc1Cl)S(C)(=O)=O. The Morgan fingerprint density at radius 1 is 0.923 bits per heavy atom. The summed E-state index contributed by atoms with van der Waals surface area (Å²) in [5.41, 5.74) is 2.98. The van der Waals surface area contributed by atoms with Crippen LogP contribution in [0.2, 0.25) is 5.02 Å². The highest BCUT2D eigenvalue weighted by Crippen LogP contribution is 2.27. The Morgan fingerprint density at radius 3 is 2.13 bits per heavy atom. The molecular weight excluding hydrogens is 534 g/mol. The highest BCUT2D eigenvalue weighted by atomic mass is 35.5. The van der Waals surface area contributed by atoms with Crippen LogP contribution in [0.4, 0.5) is 5.69 Å². The van der Waals surface area contributed by atoms with Gasteiger partial charge in [0.1, 0.15) is 12.6 Å². The first-order chi connectivity index (χ1) is 18.5. The number of carbonyl (C=O) groups is 2. The van der Waals surface area contributed by atoms with Crippen molar-refractivity contribution in [2.24, 2.45) is 0 Å². The predicted octanol–water partition coefficient (Wildman–Crippen LogP) is 4.97. The number of halogens is 1. The van der Waals surface area contributed by atoms with Gasteiger partial charge in [-0.05, 0) is 43.5 Å². The summed E-state index contributed by atoms with van der Waals surface area (Å²) in [6, 6.07) is 22.7. The average molecular weight is 570 g/mol. The van der Waals surface area contributed by atoms with Crippen LogP contribution in [-0.2, 0) is 32.6 Å². The van der Waals surface area contributed by atoms with Gasteiger partial charge in [0.25, 0.3) is 0 Å². The summed E-state index contributed by atoms with van der Waals surface area (Å²) in [4.78, 5) is 29.2. The quantitative estimate of drug-likeness (QED) is 0.334. The van der Waals surface area contributed by atoms with Crippen LogP contribution in [0.3, 0.4) is 0 Å². The van der Waals surface area contributed by atoms with Crippen LogP contribution in [-0.4, -0.2) is 50.0 Å². The standard InChI is InChI=1S/C30H36ClN3O4S/c1-5-23(3)32-30(36)28(19-24-11-7-6-8-12-24)33(20-25-17-15-22(2)16-18-25)29(35)21-34(39(4,37)38)27-14-10-9-13-26(27)31/h6-18,23,28H,5,19-21H2,1-4H3,(H,32,36). The molecule has 0 bridgehead atoms. The molecule has 3 rings (SSSR count). The summed E-state index contributed by atoms with van der Waals surface area (Å²) >= 11 is 6.33. The number of hydrogen-bond donors (Lipinski definition) is 1. The van der Waals surface area contributed by atoms with E-state index in [9.17, 15) is 18.0 Å². The van der Waals surface area contributed by atoms with Crippen LogP contribution in [0.5, 0.6) is 0 Å². The van der Waals surface area contributed by atoms with Gasteiger partial charge in [0.2, 0.25) is 21.8 Å². The maximum atomic E-state index is 14.0. The number of amides is 2. The molecule has 0 spiro atoms. The second kappa shape index (κ2) is 13.6. The number of nitrogens with zero attached hydrogens (tertiary/aromatic N) is 2. The minimum absolute atomic E-state index is 0.0947. The molecule has 7 nitrogen and oxygen atoms in total. The van der Waals surface area contributed by atoms with E-state index in [1.807, 2.05) is 75.4 Å². The summed E-state index contributed by atoms with van der Waals surface area (Å²) in [7, 11) is -3.87. The molecule has 208 valence electrons. The van der Waals surface area contributed by atoms with Crippen LogP contribution < -0.4 is 9.62 Å². The number of rotatable bonds is 12. The minimum Gasteiger partial charge on any atom is -0.352 e. The first-order valence-corrected chi connectivity index (χ1v) is 15.1. The van der Waals surface area contributed by atoms with Crippen molar-refractivity contribution in [1.82, 2.24) is 10.2 Å². The molecule has 0 aliphatic heterocycles. The normalized spacial score (nSPS) is 12.8. The summed E-state index contributed by atoms with van der Waals surface area (Å²) in [6.45, 7) is 5.48. The van der Waals surface area contributed by atoms with Gasteiger partial charge in [-0.2, -0.15) is 0 Å². The minimum atomic E-state index is -3.87. The van der Waals surface area contributed by atoms with E-state index < -0.39 is 28.5 Å². The summed E-state index contributed by atoms with van der Waals surface area (Å²) < 4.78 is 26.7. The Morgan fingerprint density at radius 2 is 1.54 bits per heavy atom. The molecule has 0 fully saturated rings. The van der Waals surface area contributed by atoms with Gasteiger partial charge >= 0.3 is 0 Å². The Hall–Kier alpha value is -3.36.